The lowest BCUT2D eigenvalue weighted by Gasteiger charge is -2.37. The lowest BCUT2D eigenvalue weighted by Crippen LogP contribution is -2.47. The number of hydrogen-bond acceptors (Lipinski definition) is 2. The van der Waals surface area contributed by atoms with Crippen molar-refractivity contribution in [2.24, 2.45) is 11.8 Å². The second kappa shape index (κ2) is 6.38. The highest BCUT2D eigenvalue weighted by Crippen LogP contribution is 2.32. The molecule has 0 aromatic carbocycles. The first-order valence-corrected chi connectivity index (χ1v) is 8.40. The van der Waals surface area contributed by atoms with E-state index in [0.29, 0.717) is 0 Å². The van der Waals surface area contributed by atoms with Crippen molar-refractivity contribution in [3.8, 4) is 0 Å². The number of rotatable bonds is 5. The van der Waals surface area contributed by atoms with Crippen LogP contribution in [-0.4, -0.2) is 25.2 Å². The average molecular weight is 250 g/mol. The molecule has 0 radical (unpaired) electrons. The van der Waals surface area contributed by atoms with Gasteiger partial charge in [-0.25, -0.2) is 0 Å². The van der Waals surface area contributed by atoms with Gasteiger partial charge in [0.2, 0.25) is 0 Å². The van der Waals surface area contributed by atoms with Crippen LogP contribution >= 0.6 is 0 Å². The molecule has 3 fully saturated rings. The molecule has 2 nitrogen and oxygen atoms in total. The summed E-state index contributed by atoms with van der Waals surface area (Å²) in [6, 6.07) is 1.64. The van der Waals surface area contributed by atoms with Crippen LogP contribution in [0.3, 0.4) is 0 Å². The van der Waals surface area contributed by atoms with Gasteiger partial charge in [-0.3, -0.25) is 0 Å². The summed E-state index contributed by atoms with van der Waals surface area (Å²) >= 11 is 0. The second-order valence-electron chi connectivity index (χ2n) is 6.80. The van der Waals surface area contributed by atoms with Gasteiger partial charge in [0, 0.05) is 12.1 Å². The topological polar surface area (TPSA) is 24.1 Å². The van der Waals surface area contributed by atoms with Crippen molar-refractivity contribution in [3.63, 3.8) is 0 Å². The predicted molar refractivity (Wildman–Crippen MR) is 76.7 cm³/mol. The predicted octanol–water partition coefficient (Wildman–Crippen LogP) is 3.08. The highest BCUT2D eigenvalue weighted by Gasteiger charge is 2.32. The third-order valence-corrected chi connectivity index (χ3v) is 5.62. The minimum absolute atomic E-state index is 0.814. The second-order valence-corrected chi connectivity index (χ2v) is 6.80. The van der Waals surface area contributed by atoms with Crippen molar-refractivity contribution in [2.75, 3.05) is 13.1 Å². The van der Waals surface area contributed by atoms with Gasteiger partial charge in [-0.15, -0.1) is 0 Å². The van der Waals surface area contributed by atoms with Crippen LogP contribution in [0.1, 0.15) is 64.2 Å². The zero-order valence-electron chi connectivity index (χ0n) is 11.8. The normalized spacial score (nSPS) is 37.7. The van der Waals surface area contributed by atoms with Gasteiger partial charge in [-0.1, -0.05) is 32.1 Å². The molecule has 3 aliphatic rings. The largest absolute Gasteiger partial charge is 0.314 e. The fraction of sp³-hybridized carbons (Fsp3) is 1.00. The van der Waals surface area contributed by atoms with Crippen LogP contribution in [0, 0.1) is 11.8 Å². The molecule has 0 bridgehead atoms. The summed E-state index contributed by atoms with van der Waals surface area (Å²) in [6.07, 6.45) is 14.5. The van der Waals surface area contributed by atoms with Crippen LogP contribution in [0.15, 0.2) is 0 Å². The summed E-state index contributed by atoms with van der Waals surface area (Å²) in [5.41, 5.74) is 0. The van der Waals surface area contributed by atoms with E-state index in [9.17, 15) is 0 Å². The Balaban J connectivity index is 1.44. The molecule has 2 aliphatic carbocycles. The van der Waals surface area contributed by atoms with E-state index in [2.05, 4.69) is 10.6 Å². The molecule has 0 aromatic rings. The molecule has 0 amide bonds. The van der Waals surface area contributed by atoms with Gasteiger partial charge in [0.25, 0.3) is 0 Å². The Kier molecular flexibility index (Phi) is 4.58. The van der Waals surface area contributed by atoms with Gasteiger partial charge in [0.15, 0.2) is 0 Å². The Labute approximate surface area is 112 Å². The van der Waals surface area contributed by atoms with E-state index >= 15 is 0 Å². The third kappa shape index (κ3) is 3.08. The first kappa shape index (κ1) is 12.9. The van der Waals surface area contributed by atoms with Crippen LogP contribution in [0.4, 0.5) is 0 Å². The summed E-state index contributed by atoms with van der Waals surface area (Å²) < 4.78 is 0. The molecule has 104 valence electrons. The molecule has 1 heterocycles. The van der Waals surface area contributed by atoms with Crippen LogP contribution in [-0.2, 0) is 0 Å². The highest BCUT2D eigenvalue weighted by atomic mass is 15.0. The average Bonchev–Trinajstić information content (AvgIpc) is 2.86. The molecule has 3 rings (SSSR count). The molecule has 1 saturated heterocycles. The molecule has 1 aliphatic heterocycles. The molecule has 2 heteroatoms. The maximum atomic E-state index is 3.91. The van der Waals surface area contributed by atoms with E-state index in [-0.39, 0.29) is 0 Å². The third-order valence-electron chi connectivity index (χ3n) is 5.62. The molecular weight excluding hydrogens is 220 g/mol. The van der Waals surface area contributed by atoms with E-state index < -0.39 is 0 Å². The highest BCUT2D eigenvalue weighted by molar-refractivity contribution is 4.91. The summed E-state index contributed by atoms with van der Waals surface area (Å²) in [5, 5.41) is 7.65. The van der Waals surface area contributed by atoms with Crippen molar-refractivity contribution in [2.45, 2.75) is 76.3 Å². The summed E-state index contributed by atoms with van der Waals surface area (Å²) in [5.74, 6) is 1.98. The molecule has 2 N–H and O–H groups in total. The smallest absolute Gasteiger partial charge is 0.0111 e. The standard InChI is InChI=1S/C16H30N2/c1-2-8-15(18-12-10-13-5-3-6-13)14(7-1)16-9-4-11-17-16/h13-18H,1-12H2. The van der Waals surface area contributed by atoms with Gasteiger partial charge in [0.1, 0.15) is 0 Å². The van der Waals surface area contributed by atoms with Crippen LogP contribution in [0.2, 0.25) is 0 Å². The Morgan fingerprint density at radius 2 is 1.78 bits per heavy atom. The monoisotopic (exact) mass is 250 g/mol. The Hall–Kier alpha value is -0.0800. The first-order chi connectivity index (χ1) is 8.93. The van der Waals surface area contributed by atoms with Gasteiger partial charge in [0.05, 0.1) is 0 Å². The van der Waals surface area contributed by atoms with Gasteiger partial charge in [-0.2, -0.15) is 0 Å². The number of hydrogen-bond donors (Lipinski definition) is 2. The number of nitrogens with one attached hydrogen (secondary N) is 2. The minimum atomic E-state index is 0.814. The summed E-state index contributed by atoms with van der Waals surface area (Å²) in [4.78, 5) is 0. The van der Waals surface area contributed by atoms with Gasteiger partial charge >= 0.3 is 0 Å². The van der Waals surface area contributed by atoms with Gasteiger partial charge in [-0.05, 0) is 57.0 Å². The molecule has 3 atom stereocenters. The maximum absolute atomic E-state index is 3.91. The zero-order chi connectivity index (χ0) is 12.2. The molecule has 3 unspecified atom stereocenters. The Bertz CT molecular complexity index is 243. The fourth-order valence-corrected chi connectivity index (χ4v) is 4.23. The molecule has 18 heavy (non-hydrogen) atoms. The lowest BCUT2D eigenvalue weighted by atomic mass is 9.78. The van der Waals surface area contributed by atoms with Crippen LogP contribution < -0.4 is 10.6 Å². The van der Waals surface area contributed by atoms with Crippen molar-refractivity contribution < 1.29 is 0 Å². The van der Waals surface area contributed by atoms with Gasteiger partial charge < -0.3 is 10.6 Å². The van der Waals surface area contributed by atoms with Crippen LogP contribution in [0.5, 0.6) is 0 Å². The summed E-state index contributed by atoms with van der Waals surface area (Å²) in [7, 11) is 0. The van der Waals surface area contributed by atoms with E-state index in [1.165, 1.54) is 77.3 Å². The zero-order valence-corrected chi connectivity index (χ0v) is 11.8. The van der Waals surface area contributed by atoms with E-state index in [1.54, 1.807) is 0 Å². The molecule has 0 spiro atoms. The lowest BCUT2D eigenvalue weighted by molar-refractivity contribution is 0.205. The van der Waals surface area contributed by atoms with Crippen molar-refractivity contribution >= 4 is 0 Å². The van der Waals surface area contributed by atoms with E-state index in [0.717, 1.165) is 23.9 Å². The maximum Gasteiger partial charge on any atom is 0.0111 e. The van der Waals surface area contributed by atoms with Crippen molar-refractivity contribution in [3.05, 3.63) is 0 Å². The molecule has 0 aromatic heterocycles. The Morgan fingerprint density at radius 3 is 2.50 bits per heavy atom. The first-order valence-electron chi connectivity index (χ1n) is 8.40. The van der Waals surface area contributed by atoms with Crippen LogP contribution in [0.25, 0.3) is 0 Å². The minimum Gasteiger partial charge on any atom is -0.314 e. The Morgan fingerprint density at radius 1 is 0.889 bits per heavy atom. The quantitative estimate of drug-likeness (QED) is 0.783. The van der Waals surface area contributed by atoms with Crippen molar-refractivity contribution in [1.82, 2.24) is 10.6 Å². The molecular formula is C16H30N2. The van der Waals surface area contributed by atoms with E-state index in [4.69, 9.17) is 0 Å². The SMILES string of the molecule is C1CC(CCNC2CCCCC2C2CCCN2)C1. The molecule has 2 saturated carbocycles. The fourth-order valence-electron chi connectivity index (χ4n) is 4.23. The van der Waals surface area contributed by atoms with Crippen molar-refractivity contribution in [1.29, 1.82) is 0 Å². The summed E-state index contributed by atoms with van der Waals surface area (Å²) in [6.45, 7) is 2.54. The van der Waals surface area contributed by atoms with E-state index in [1.807, 2.05) is 0 Å².